The van der Waals surface area contributed by atoms with Crippen molar-refractivity contribution in [2.45, 2.75) is 6.61 Å². The van der Waals surface area contributed by atoms with Gasteiger partial charge >= 0.3 is 0 Å². The van der Waals surface area contributed by atoms with Crippen LogP contribution in [-0.2, 0) is 6.61 Å². The highest BCUT2D eigenvalue weighted by Gasteiger charge is 2.19. The average Bonchev–Trinajstić information content (AvgIpc) is 2.72. The van der Waals surface area contributed by atoms with E-state index in [1.807, 2.05) is 60.7 Å². The number of hydrogen-bond donors (Lipinski definition) is 0. The maximum atomic E-state index is 13.0. The molecule has 1 amide bonds. The van der Waals surface area contributed by atoms with Gasteiger partial charge in [0.1, 0.15) is 18.6 Å². The Morgan fingerprint density at radius 3 is 2.27 bits per heavy atom. The maximum absolute atomic E-state index is 13.0. The van der Waals surface area contributed by atoms with Crippen LogP contribution < -0.4 is 9.64 Å². The summed E-state index contributed by atoms with van der Waals surface area (Å²) in [7, 11) is 1.70. The zero-order valence-electron chi connectivity index (χ0n) is 14.5. The molecule has 3 aromatic rings. The van der Waals surface area contributed by atoms with Gasteiger partial charge in [0.2, 0.25) is 0 Å². The van der Waals surface area contributed by atoms with Gasteiger partial charge in [-0.2, -0.15) is 0 Å². The van der Waals surface area contributed by atoms with Crippen molar-refractivity contribution in [3.8, 4) is 5.75 Å². The average molecular weight is 345 g/mol. The fraction of sp³-hybridized carbons (Fsp3) is 0.0909. The molecule has 0 spiro atoms. The molecule has 0 N–H and O–H groups in total. The first kappa shape index (κ1) is 17.4. The summed E-state index contributed by atoms with van der Waals surface area (Å²) in [6.07, 6.45) is 0.722. The van der Waals surface area contributed by atoms with E-state index in [1.165, 1.54) is 0 Å². The maximum Gasteiger partial charge on any atom is 0.261 e. The first-order chi connectivity index (χ1) is 12.7. The number of carbonyl (C=O) groups is 2. The summed E-state index contributed by atoms with van der Waals surface area (Å²) in [6.45, 7) is 0.344. The van der Waals surface area contributed by atoms with Crippen LogP contribution in [0.25, 0.3) is 0 Å². The minimum Gasteiger partial charge on any atom is -0.488 e. The monoisotopic (exact) mass is 345 g/mol. The number of benzene rings is 3. The van der Waals surface area contributed by atoms with E-state index >= 15 is 0 Å². The lowest BCUT2D eigenvalue weighted by Gasteiger charge is -2.19. The zero-order chi connectivity index (χ0) is 18.4. The molecule has 0 saturated carbocycles. The van der Waals surface area contributed by atoms with Crippen LogP contribution >= 0.6 is 0 Å². The summed E-state index contributed by atoms with van der Waals surface area (Å²) >= 11 is 0. The van der Waals surface area contributed by atoms with Crippen LogP contribution in [0.5, 0.6) is 5.75 Å². The predicted molar refractivity (Wildman–Crippen MR) is 102 cm³/mol. The molecule has 0 aromatic heterocycles. The summed E-state index contributed by atoms with van der Waals surface area (Å²) in [5.41, 5.74) is 2.56. The third-order valence-electron chi connectivity index (χ3n) is 4.06. The van der Waals surface area contributed by atoms with Gasteiger partial charge < -0.3 is 9.64 Å². The number of aldehydes is 1. The molecular formula is C22H19NO3. The minimum absolute atomic E-state index is 0.233. The Labute approximate surface area is 152 Å². The molecule has 0 saturated heterocycles. The molecule has 0 heterocycles. The highest BCUT2D eigenvalue weighted by Crippen LogP contribution is 2.24. The van der Waals surface area contributed by atoms with Crippen LogP contribution in [0.2, 0.25) is 0 Å². The van der Waals surface area contributed by atoms with Crippen LogP contribution in [0.4, 0.5) is 5.69 Å². The van der Waals surface area contributed by atoms with E-state index in [9.17, 15) is 9.59 Å². The minimum atomic E-state index is -0.233. The van der Waals surface area contributed by atoms with Gasteiger partial charge in [-0.15, -0.1) is 0 Å². The molecule has 130 valence electrons. The lowest BCUT2D eigenvalue weighted by molar-refractivity contribution is 0.0988. The molecule has 0 fully saturated rings. The molecular weight excluding hydrogens is 326 g/mol. The number of para-hydroxylation sites is 1. The second-order valence-corrected chi connectivity index (χ2v) is 5.85. The molecule has 0 radical (unpaired) electrons. The molecule has 0 bridgehead atoms. The van der Waals surface area contributed by atoms with E-state index < -0.39 is 0 Å². The van der Waals surface area contributed by atoms with E-state index in [0.717, 1.165) is 17.5 Å². The Bertz CT molecular complexity index is 892. The van der Waals surface area contributed by atoms with E-state index in [2.05, 4.69) is 0 Å². The summed E-state index contributed by atoms with van der Waals surface area (Å²) < 4.78 is 5.87. The van der Waals surface area contributed by atoms with E-state index in [1.54, 1.807) is 30.1 Å². The van der Waals surface area contributed by atoms with Crippen LogP contribution in [0.1, 0.15) is 26.3 Å². The van der Waals surface area contributed by atoms with Gasteiger partial charge in [0, 0.05) is 18.3 Å². The third kappa shape index (κ3) is 3.98. The highest BCUT2D eigenvalue weighted by atomic mass is 16.5. The second-order valence-electron chi connectivity index (χ2n) is 5.85. The van der Waals surface area contributed by atoms with Gasteiger partial charge in [-0.1, -0.05) is 48.5 Å². The zero-order valence-corrected chi connectivity index (χ0v) is 14.5. The smallest absolute Gasteiger partial charge is 0.261 e. The molecule has 0 aliphatic rings. The lowest BCUT2D eigenvalue weighted by Crippen LogP contribution is -2.26. The number of rotatable bonds is 6. The third-order valence-corrected chi connectivity index (χ3v) is 4.06. The Morgan fingerprint density at radius 2 is 1.62 bits per heavy atom. The van der Waals surface area contributed by atoms with Gasteiger partial charge in [0.05, 0.1) is 5.56 Å². The Kier molecular flexibility index (Phi) is 5.44. The summed E-state index contributed by atoms with van der Waals surface area (Å²) in [6, 6.07) is 23.9. The number of ether oxygens (including phenoxy) is 1. The fourth-order valence-corrected chi connectivity index (χ4v) is 2.60. The molecule has 0 aliphatic heterocycles. The van der Waals surface area contributed by atoms with Gasteiger partial charge in [-0.3, -0.25) is 9.59 Å². The van der Waals surface area contributed by atoms with Crippen molar-refractivity contribution in [3.63, 3.8) is 0 Å². The number of nitrogens with zero attached hydrogens (tertiary/aromatic N) is 1. The second kappa shape index (κ2) is 8.12. The molecule has 4 heteroatoms. The van der Waals surface area contributed by atoms with Crippen LogP contribution in [0, 0.1) is 0 Å². The van der Waals surface area contributed by atoms with Crippen molar-refractivity contribution in [1.29, 1.82) is 0 Å². The van der Waals surface area contributed by atoms with Crippen molar-refractivity contribution in [3.05, 3.63) is 95.6 Å². The van der Waals surface area contributed by atoms with Crippen molar-refractivity contribution in [2.24, 2.45) is 0 Å². The van der Waals surface area contributed by atoms with Crippen molar-refractivity contribution in [2.75, 3.05) is 11.9 Å². The highest BCUT2D eigenvalue weighted by molar-refractivity contribution is 6.08. The van der Waals surface area contributed by atoms with Gasteiger partial charge in [-0.25, -0.2) is 0 Å². The normalized spacial score (nSPS) is 10.2. The first-order valence-corrected chi connectivity index (χ1v) is 8.28. The largest absolute Gasteiger partial charge is 0.488 e. The number of hydrogen-bond acceptors (Lipinski definition) is 3. The van der Waals surface area contributed by atoms with E-state index in [-0.39, 0.29) is 5.91 Å². The standard InChI is InChI=1S/C22H19NO3/c1-23(19-10-6-3-7-11-19)22(25)20-14-18(15-24)12-13-21(20)26-16-17-8-4-2-5-9-17/h2-15H,16H2,1H3. The predicted octanol–water partition coefficient (Wildman–Crippen LogP) is 4.35. The Balaban J connectivity index is 1.88. The number of carbonyl (C=O) groups excluding carboxylic acids is 2. The van der Waals surface area contributed by atoms with Gasteiger partial charge in [0.15, 0.2) is 0 Å². The Hall–Kier alpha value is -3.40. The summed E-state index contributed by atoms with van der Waals surface area (Å²) in [5, 5.41) is 0. The molecule has 0 atom stereocenters. The first-order valence-electron chi connectivity index (χ1n) is 8.28. The summed E-state index contributed by atoms with van der Waals surface area (Å²) in [5.74, 6) is 0.218. The SMILES string of the molecule is CN(C(=O)c1cc(C=O)ccc1OCc1ccccc1)c1ccccc1. The fourth-order valence-electron chi connectivity index (χ4n) is 2.60. The van der Waals surface area contributed by atoms with Gasteiger partial charge in [0.25, 0.3) is 5.91 Å². The van der Waals surface area contributed by atoms with Crippen molar-refractivity contribution < 1.29 is 14.3 Å². The summed E-state index contributed by atoms with van der Waals surface area (Å²) in [4.78, 5) is 25.7. The van der Waals surface area contributed by atoms with Gasteiger partial charge in [-0.05, 0) is 35.9 Å². The van der Waals surface area contributed by atoms with Crippen LogP contribution in [-0.4, -0.2) is 19.2 Å². The van der Waals surface area contributed by atoms with Crippen molar-refractivity contribution in [1.82, 2.24) is 0 Å². The molecule has 3 aromatic carbocycles. The quantitative estimate of drug-likeness (QED) is 0.624. The molecule has 0 aliphatic carbocycles. The van der Waals surface area contributed by atoms with Crippen LogP contribution in [0.15, 0.2) is 78.9 Å². The molecule has 26 heavy (non-hydrogen) atoms. The molecule has 0 unspecified atom stereocenters. The topological polar surface area (TPSA) is 46.6 Å². The number of amides is 1. The number of anilines is 1. The van der Waals surface area contributed by atoms with E-state index in [0.29, 0.717) is 23.5 Å². The Morgan fingerprint density at radius 1 is 0.962 bits per heavy atom. The molecule has 4 nitrogen and oxygen atoms in total. The van der Waals surface area contributed by atoms with E-state index in [4.69, 9.17) is 4.74 Å². The molecule has 3 rings (SSSR count). The lowest BCUT2D eigenvalue weighted by atomic mass is 10.1. The van der Waals surface area contributed by atoms with Crippen LogP contribution in [0.3, 0.4) is 0 Å². The van der Waals surface area contributed by atoms with Crippen molar-refractivity contribution >= 4 is 17.9 Å².